The number of aromatic nitrogens is 3. The van der Waals surface area contributed by atoms with Gasteiger partial charge in [-0.15, -0.1) is 11.3 Å². The molecule has 3 rings (SSSR count). The Kier molecular flexibility index (Phi) is 4.49. The van der Waals surface area contributed by atoms with Gasteiger partial charge in [-0.2, -0.15) is 0 Å². The third-order valence-electron chi connectivity index (χ3n) is 3.42. The smallest absolute Gasteiger partial charge is 0.314 e. The molecule has 0 saturated heterocycles. The number of thiazole rings is 1. The molecule has 1 aromatic carbocycles. The fourth-order valence-corrected chi connectivity index (χ4v) is 3.03. The van der Waals surface area contributed by atoms with E-state index >= 15 is 0 Å². The zero-order valence-corrected chi connectivity index (χ0v) is 13.8. The van der Waals surface area contributed by atoms with Gasteiger partial charge in [-0.05, 0) is 0 Å². The van der Waals surface area contributed by atoms with Gasteiger partial charge in [0.1, 0.15) is 0 Å². The molecule has 0 aliphatic carbocycles. The van der Waals surface area contributed by atoms with Crippen LogP contribution >= 0.6 is 11.3 Å². The van der Waals surface area contributed by atoms with Crippen LogP contribution in [0.5, 0.6) is 0 Å². The summed E-state index contributed by atoms with van der Waals surface area (Å²) in [5.74, 6) is -1.01. The number of nitrogens with zero attached hydrogens (tertiary/aromatic N) is 2. The van der Waals surface area contributed by atoms with Gasteiger partial charge in [0, 0.05) is 29.6 Å². The van der Waals surface area contributed by atoms with Gasteiger partial charge in [-0.25, -0.2) is 4.98 Å². The number of H-pyrrole nitrogens is 2. The minimum Gasteiger partial charge on any atom is -0.481 e. The van der Waals surface area contributed by atoms with Crippen LogP contribution in [0.2, 0.25) is 0 Å². The molecular weight excluding hydrogens is 366 g/mol. The highest BCUT2D eigenvalue weighted by atomic mass is 32.1. The van der Waals surface area contributed by atoms with E-state index in [0.717, 1.165) is 6.07 Å². The van der Waals surface area contributed by atoms with Gasteiger partial charge in [0.2, 0.25) is 0 Å². The van der Waals surface area contributed by atoms with Crippen LogP contribution in [0.4, 0.5) is 10.8 Å². The molecule has 134 valence electrons. The van der Waals surface area contributed by atoms with Gasteiger partial charge in [-0.3, -0.25) is 24.5 Å². The number of carboxylic acids is 1. The van der Waals surface area contributed by atoms with Crippen LogP contribution in [-0.4, -0.2) is 31.0 Å². The number of hydrogen-bond donors (Lipinski definition) is 4. The van der Waals surface area contributed by atoms with E-state index in [1.54, 1.807) is 5.38 Å². The maximum absolute atomic E-state index is 11.6. The average molecular weight is 377 g/mol. The minimum absolute atomic E-state index is 0.0696. The van der Waals surface area contributed by atoms with Gasteiger partial charge in [0.05, 0.1) is 28.1 Å². The lowest BCUT2D eigenvalue weighted by Crippen LogP contribution is -2.29. The van der Waals surface area contributed by atoms with Crippen LogP contribution in [0.25, 0.3) is 11.0 Å². The van der Waals surface area contributed by atoms with Gasteiger partial charge in [-0.1, -0.05) is 0 Å². The summed E-state index contributed by atoms with van der Waals surface area (Å²) in [5, 5.41) is 24.8. The number of nitro benzene ring substituents is 1. The number of nitro groups is 1. The first-order valence-corrected chi connectivity index (χ1v) is 8.05. The second-order valence-electron chi connectivity index (χ2n) is 5.26. The molecule has 11 nitrogen and oxygen atoms in total. The fraction of sp³-hybridized carbons (Fsp3) is 0.143. The number of rotatable bonds is 6. The summed E-state index contributed by atoms with van der Waals surface area (Å²) in [7, 11) is 0. The molecule has 0 aliphatic rings. The Hall–Kier alpha value is -3.54. The highest BCUT2D eigenvalue weighted by molar-refractivity contribution is 7.13. The summed E-state index contributed by atoms with van der Waals surface area (Å²) in [5.41, 5.74) is -0.881. The highest BCUT2D eigenvalue weighted by Gasteiger charge is 2.14. The molecule has 12 heteroatoms. The van der Waals surface area contributed by atoms with Crippen LogP contribution in [0, 0.1) is 10.1 Å². The number of non-ortho nitro benzene ring substituents is 1. The zero-order chi connectivity index (χ0) is 18.8. The quantitative estimate of drug-likeness (QED) is 0.278. The average Bonchev–Trinajstić information content (AvgIpc) is 3.00. The predicted molar refractivity (Wildman–Crippen MR) is 92.6 cm³/mol. The van der Waals surface area contributed by atoms with E-state index in [-0.39, 0.29) is 29.7 Å². The molecule has 0 spiro atoms. The van der Waals surface area contributed by atoms with Gasteiger partial charge < -0.3 is 20.4 Å². The normalized spacial score (nSPS) is 10.8. The molecule has 0 bridgehead atoms. The third kappa shape index (κ3) is 3.59. The molecular formula is C14H11N5O6S. The van der Waals surface area contributed by atoms with E-state index < -0.39 is 22.0 Å². The van der Waals surface area contributed by atoms with Crippen molar-refractivity contribution < 1.29 is 14.8 Å². The lowest BCUT2D eigenvalue weighted by Gasteiger charge is -2.07. The van der Waals surface area contributed by atoms with E-state index in [4.69, 9.17) is 5.11 Å². The van der Waals surface area contributed by atoms with Crippen LogP contribution < -0.4 is 16.4 Å². The van der Waals surface area contributed by atoms with Crippen LogP contribution in [-0.2, 0) is 17.8 Å². The monoisotopic (exact) mass is 377 g/mol. The maximum Gasteiger partial charge on any atom is 0.314 e. The standard InChI is InChI=1S/C14H11N5O6S/c20-10(21)2-7-5-26-14(16-7)15-4-6-1-8(19(24)25)3-9-11(6)18-13(23)12(22)17-9/h1,3,5H,2,4H2,(H,15,16)(H,17,22)(H,18,23)(H,20,21). The molecule has 0 amide bonds. The number of aromatic amines is 2. The highest BCUT2D eigenvalue weighted by Crippen LogP contribution is 2.23. The van der Waals surface area contributed by atoms with Crippen molar-refractivity contribution in [2.24, 2.45) is 0 Å². The minimum atomic E-state index is -1.01. The first-order valence-electron chi connectivity index (χ1n) is 7.17. The van der Waals surface area contributed by atoms with Gasteiger partial charge >= 0.3 is 17.1 Å². The SMILES string of the molecule is O=C(O)Cc1csc(NCc2cc([N+](=O)[O-])cc3[nH]c(=O)c(=O)[nH]c23)n1. The third-order valence-corrected chi connectivity index (χ3v) is 4.27. The Morgan fingerprint density at radius 1 is 1.31 bits per heavy atom. The van der Waals surface area contributed by atoms with E-state index in [1.807, 2.05) is 0 Å². The van der Waals surface area contributed by atoms with Gasteiger partial charge in [0.25, 0.3) is 5.69 Å². The first kappa shape index (κ1) is 17.3. The number of benzene rings is 1. The molecule has 2 heterocycles. The van der Waals surface area contributed by atoms with Crippen molar-refractivity contribution in [3.05, 3.63) is 59.6 Å². The maximum atomic E-state index is 11.6. The van der Waals surface area contributed by atoms with Gasteiger partial charge in [0.15, 0.2) is 5.13 Å². The van der Waals surface area contributed by atoms with Crippen molar-refractivity contribution in [1.82, 2.24) is 15.0 Å². The lowest BCUT2D eigenvalue weighted by molar-refractivity contribution is -0.384. The van der Waals surface area contributed by atoms with E-state index in [9.17, 15) is 24.5 Å². The zero-order valence-electron chi connectivity index (χ0n) is 12.9. The summed E-state index contributed by atoms with van der Waals surface area (Å²) in [6.07, 6.45) is -0.216. The van der Waals surface area contributed by atoms with Crippen molar-refractivity contribution >= 4 is 39.2 Å². The Morgan fingerprint density at radius 3 is 2.73 bits per heavy atom. The summed E-state index contributed by atoms with van der Waals surface area (Å²) < 4.78 is 0. The van der Waals surface area contributed by atoms with Crippen molar-refractivity contribution in [2.45, 2.75) is 13.0 Å². The topological polar surface area (TPSA) is 171 Å². The van der Waals surface area contributed by atoms with E-state index in [2.05, 4.69) is 20.3 Å². The molecule has 26 heavy (non-hydrogen) atoms. The van der Waals surface area contributed by atoms with E-state index in [0.29, 0.717) is 16.4 Å². The molecule has 2 aromatic heterocycles. The van der Waals surface area contributed by atoms with Crippen LogP contribution in [0.15, 0.2) is 27.1 Å². The summed E-state index contributed by atoms with van der Waals surface area (Å²) in [6.45, 7) is 0.0696. The predicted octanol–water partition coefficient (Wildman–Crippen LogP) is 0.820. The summed E-state index contributed by atoms with van der Waals surface area (Å²) in [6, 6.07) is 2.43. The molecule has 3 aromatic rings. The molecule has 0 saturated carbocycles. The van der Waals surface area contributed by atoms with Crippen LogP contribution in [0.3, 0.4) is 0 Å². The Morgan fingerprint density at radius 2 is 2.04 bits per heavy atom. The largest absolute Gasteiger partial charge is 0.481 e. The number of aliphatic carboxylic acids is 1. The lowest BCUT2D eigenvalue weighted by atomic mass is 10.1. The number of carboxylic acid groups (broad SMARTS) is 1. The number of hydrogen-bond acceptors (Lipinski definition) is 8. The molecule has 4 N–H and O–H groups in total. The Bertz CT molecular complexity index is 1130. The van der Waals surface area contributed by atoms with E-state index in [1.165, 1.54) is 17.4 Å². The van der Waals surface area contributed by atoms with Crippen molar-refractivity contribution in [1.29, 1.82) is 0 Å². The molecule has 0 radical (unpaired) electrons. The van der Waals surface area contributed by atoms with Crippen molar-refractivity contribution in [3.8, 4) is 0 Å². The Labute approximate surface area is 147 Å². The summed E-state index contributed by atoms with van der Waals surface area (Å²) in [4.78, 5) is 53.0. The number of fused-ring (bicyclic) bond motifs is 1. The molecule has 0 fully saturated rings. The second-order valence-corrected chi connectivity index (χ2v) is 6.12. The van der Waals surface area contributed by atoms with Crippen LogP contribution in [0.1, 0.15) is 11.3 Å². The number of nitrogens with one attached hydrogen (secondary N) is 3. The molecule has 0 unspecified atom stereocenters. The van der Waals surface area contributed by atoms with Crippen molar-refractivity contribution in [2.75, 3.05) is 5.32 Å². The second kappa shape index (κ2) is 6.76. The number of carbonyl (C=O) groups is 1. The summed E-state index contributed by atoms with van der Waals surface area (Å²) >= 11 is 1.18. The first-order chi connectivity index (χ1) is 12.3. The molecule has 0 atom stereocenters. The fourth-order valence-electron chi connectivity index (χ4n) is 2.32. The Balaban J connectivity index is 1.95. The molecule has 0 aliphatic heterocycles. The number of anilines is 1. The van der Waals surface area contributed by atoms with Crippen molar-refractivity contribution in [3.63, 3.8) is 0 Å².